The molecule has 0 aliphatic rings. The SMILES string of the molecule is NC(N)=NN=Cc1ccc(OC(F)(F)C(F)OC(F)(F)F)c(Br)c1. The van der Waals surface area contributed by atoms with Crippen molar-refractivity contribution in [3.63, 3.8) is 0 Å². The van der Waals surface area contributed by atoms with E-state index in [9.17, 15) is 26.3 Å². The van der Waals surface area contributed by atoms with Gasteiger partial charge in [-0.15, -0.1) is 18.3 Å². The molecule has 24 heavy (non-hydrogen) atoms. The predicted molar refractivity (Wildman–Crippen MR) is 75.2 cm³/mol. The van der Waals surface area contributed by atoms with Crippen LogP contribution in [0.3, 0.4) is 0 Å². The van der Waals surface area contributed by atoms with Crippen LogP contribution in [0.5, 0.6) is 5.75 Å². The maximum atomic E-state index is 13.3. The van der Waals surface area contributed by atoms with Gasteiger partial charge in [-0.2, -0.15) is 13.9 Å². The summed E-state index contributed by atoms with van der Waals surface area (Å²) in [7, 11) is 0. The molecule has 0 aliphatic heterocycles. The number of hydrogen-bond acceptors (Lipinski definition) is 4. The van der Waals surface area contributed by atoms with Gasteiger partial charge in [-0.25, -0.2) is 9.13 Å². The van der Waals surface area contributed by atoms with E-state index in [4.69, 9.17) is 11.5 Å². The molecule has 1 aromatic carbocycles. The first kappa shape index (κ1) is 20.0. The smallest absolute Gasteiger partial charge is 0.427 e. The molecule has 134 valence electrons. The molecule has 13 heteroatoms. The lowest BCUT2D eigenvalue weighted by molar-refractivity contribution is -0.411. The zero-order valence-electron chi connectivity index (χ0n) is 11.4. The number of halogens is 7. The maximum absolute atomic E-state index is 13.3. The number of ether oxygens (including phenoxy) is 2. The minimum absolute atomic E-state index is 0.116. The summed E-state index contributed by atoms with van der Waals surface area (Å²) < 4.78 is 81.3. The molecule has 0 spiro atoms. The maximum Gasteiger partial charge on any atom is 0.525 e. The summed E-state index contributed by atoms with van der Waals surface area (Å²) in [4.78, 5) is 0. The number of nitrogens with zero attached hydrogens (tertiary/aromatic N) is 2. The van der Waals surface area contributed by atoms with Crippen LogP contribution in [-0.2, 0) is 4.74 Å². The fraction of sp³-hybridized carbons (Fsp3) is 0.273. The minimum Gasteiger partial charge on any atom is -0.427 e. The molecular formula is C11H9BrF6N4O2. The van der Waals surface area contributed by atoms with Gasteiger partial charge in [-0.1, -0.05) is 0 Å². The lowest BCUT2D eigenvalue weighted by Gasteiger charge is -2.22. The van der Waals surface area contributed by atoms with Crippen LogP contribution in [0.2, 0.25) is 0 Å². The fourth-order valence-corrected chi connectivity index (χ4v) is 1.70. The van der Waals surface area contributed by atoms with Crippen molar-refractivity contribution in [1.82, 2.24) is 0 Å². The highest BCUT2D eigenvalue weighted by Crippen LogP contribution is 2.35. The normalized spacial score (nSPS) is 13.8. The third-order valence-corrected chi connectivity index (χ3v) is 2.70. The van der Waals surface area contributed by atoms with E-state index in [1.54, 1.807) is 0 Å². The summed E-state index contributed by atoms with van der Waals surface area (Å²) in [5.74, 6) is -0.948. The molecule has 1 aromatic rings. The van der Waals surface area contributed by atoms with Gasteiger partial charge in [0.25, 0.3) is 0 Å². The molecule has 4 N–H and O–H groups in total. The lowest BCUT2D eigenvalue weighted by atomic mass is 10.2. The highest BCUT2D eigenvalue weighted by atomic mass is 79.9. The largest absolute Gasteiger partial charge is 0.525 e. The first-order valence-corrected chi connectivity index (χ1v) is 6.57. The van der Waals surface area contributed by atoms with Gasteiger partial charge in [0.2, 0.25) is 5.96 Å². The van der Waals surface area contributed by atoms with E-state index >= 15 is 0 Å². The van der Waals surface area contributed by atoms with E-state index in [-0.39, 0.29) is 10.4 Å². The van der Waals surface area contributed by atoms with E-state index in [0.717, 1.165) is 12.3 Å². The van der Waals surface area contributed by atoms with Crippen LogP contribution in [0.1, 0.15) is 5.56 Å². The molecule has 1 rings (SSSR count). The summed E-state index contributed by atoms with van der Waals surface area (Å²) in [6, 6.07) is 3.34. The highest BCUT2D eigenvalue weighted by molar-refractivity contribution is 9.10. The number of guanidine groups is 1. The number of benzene rings is 1. The van der Waals surface area contributed by atoms with Crippen molar-refractivity contribution in [3.8, 4) is 5.75 Å². The van der Waals surface area contributed by atoms with Gasteiger partial charge in [0.15, 0.2) is 0 Å². The molecular weight excluding hydrogens is 414 g/mol. The molecule has 0 saturated heterocycles. The van der Waals surface area contributed by atoms with Crippen molar-refractivity contribution < 1.29 is 35.8 Å². The quantitative estimate of drug-likeness (QED) is 0.319. The molecule has 0 saturated carbocycles. The van der Waals surface area contributed by atoms with Gasteiger partial charge in [-0.3, -0.25) is 0 Å². The second-order valence-corrected chi connectivity index (χ2v) is 4.86. The van der Waals surface area contributed by atoms with Gasteiger partial charge in [0, 0.05) is 0 Å². The van der Waals surface area contributed by atoms with Crippen LogP contribution in [0, 0.1) is 0 Å². The molecule has 6 nitrogen and oxygen atoms in total. The number of nitrogens with two attached hydrogens (primary N) is 2. The standard InChI is InChI=1S/C11H9BrF6N4O2/c12-6-3-5(4-21-22-9(19)20)1-2-7(6)23-10(14,15)8(13)24-11(16,17)18/h1-4,8H,(H4,19,20,22). The minimum atomic E-state index is -5.59. The van der Waals surface area contributed by atoms with Crippen LogP contribution < -0.4 is 16.2 Å². The first-order chi connectivity index (χ1) is 10.9. The Morgan fingerprint density at radius 1 is 1.21 bits per heavy atom. The molecule has 1 atom stereocenters. The second kappa shape index (κ2) is 7.70. The van der Waals surface area contributed by atoms with Gasteiger partial charge in [0.05, 0.1) is 10.7 Å². The Kier molecular flexibility index (Phi) is 6.42. The summed E-state index contributed by atoms with van der Waals surface area (Å²) in [5, 5.41) is 6.74. The van der Waals surface area contributed by atoms with Crippen LogP contribution in [0.15, 0.2) is 32.9 Å². The Balaban J connectivity index is 2.88. The molecule has 0 radical (unpaired) electrons. The topological polar surface area (TPSA) is 95.2 Å². The number of hydrogen-bond donors (Lipinski definition) is 2. The van der Waals surface area contributed by atoms with Crippen molar-refractivity contribution >= 4 is 28.1 Å². The Hall–Kier alpha value is -2.02. The van der Waals surface area contributed by atoms with Crippen molar-refractivity contribution in [2.24, 2.45) is 21.7 Å². The van der Waals surface area contributed by atoms with Gasteiger partial charge in [-0.05, 0) is 39.7 Å². The monoisotopic (exact) mass is 422 g/mol. The number of rotatable bonds is 6. The van der Waals surface area contributed by atoms with E-state index < -0.39 is 24.6 Å². The highest BCUT2D eigenvalue weighted by Gasteiger charge is 2.50. The summed E-state index contributed by atoms with van der Waals surface area (Å²) in [6.45, 7) is 0. The van der Waals surface area contributed by atoms with Crippen molar-refractivity contribution in [2.75, 3.05) is 0 Å². The Bertz CT molecular complexity index is 633. The van der Waals surface area contributed by atoms with Crippen LogP contribution in [0.25, 0.3) is 0 Å². The predicted octanol–water partition coefficient (Wildman–Crippen LogP) is 2.86. The first-order valence-electron chi connectivity index (χ1n) is 5.77. The number of alkyl halides is 6. The van der Waals surface area contributed by atoms with Crippen molar-refractivity contribution in [3.05, 3.63) is 28.2 Å². The van der Waals surface area contributed by atoms with Gasteiger partial charge < -0.3 is 16.2 Å². The van der Waals surface area contributed by atoms with Gasteiger partial charge in [0.1, 0.15) is 5.75 Å². The average molecular weight is 423 g/mol. The second-order valence-electron chi connectivity index (χ2n) is 4.00. The Morgan fingerprint density at radius 2 is 1.83 bits per heavy atom. The fourth-order valence-electron chi connectivity index (χ4n) is 1.22. The van der Waals surface area contributed by atoms with E-state index in [1.165, 1.54) is 12.1 Å². The molecule has 0 aliphatic carbocycles. The summed E-state index contributed by atoms with van der Waals surface area (Å²) >= 11 is 2.84. The van der Waals surface area contributed by atoms with Crippen molar-refractivity contribution in [2.45, 2.75) is 18.8 Å². The molecule has 1 unspecified atom stereocenters. The molecule has 0 aromatic heterocycles. The van der Waals surface area contributed by atoms with Crippen molar-refractivity contribution in [1.29, 1.82) is 0 Å². The molecule has 0 bridgehead atoms. The van der Waals surface area contributed by atoms with E-state index in [2.05, 4.69) is 35.6 Å². The van der Waals surface area contributed by atoms with Gasteiger partial charge >= 0.3 is 18.8 Å². The zero-order chi connectivity index (χ0) is 18.5. The lowest BCUT2D eigenvalue weighted by Crippen LogP contribution is -2.41. The summed E-state index contributed by atoms with van der Waals surface area (Å²) in [6.07, 6.45) is -13.4. The Morgan fingerprint density at radius 3 is 2.33 bits per heavy atom. The molecule has 0 fully saturated rings. The van der Waals surface area contributed by atoms with Crippen LogP contribution in [-0.4, -0.2) is 31.0 Å². The third-order valence-electron chi connectivity index (χ3n) is 2.08. The summed E-state index contributed by atoms with van der Waals surface area (Å²) in [5.41, 5.74) is 10.4. The van der Waals surface area contributed by atoms with Crippen LogP contribution >= 0.6 is 15.9 Å². The van der Waals surface area contributed by atoms with E-state index in [1.807, 2.05) is 0 Å². The molecule has 0 amide bonds. The Labute approximate surface area is 139 Å². The zero-order valence-corrected chi connectivity index (χ0v) is 13.0. The van der Waals surface area contributed by atoms with Crippen LogP contribution in [0.4, 0.5) is 26.3 Å². The average Bonchev–Trinajstić information content (AvgIpc) is 2.39. The van der Waals surface area contributed by atoms with E-state index in [0.29, 0.717) is 5.56 Å². The molecule has 0 heterocycles. The third kappa shape index (κ3) is 6.62.